The van der Waals surface area contributed by atoms with E-state index in [2.05, 4.69) is 40.3 Å². The number of benzene rings is 1. The largest absolute Gasteiger partial charge is 0.356 e. The van der Waals surface area contributed by atoms with Gasteiger partial charge in [-0.2, -0.15) is 0 Å². The summed E-state index contributed by atoms with van der Waals surface area (Å²) in [6.07, 6.45) is 0. The van der Waals surface area contributed by atoms with Crippen LogP contribution in [0.3, 0.4) is 0 Å². The molecule has 0 saturated heterocycles. The van der Waals surface area contributed by atoms with E-state index in [0.717, 1.165) is 12.2 Å². The molecule has 0 amide bonds. The minimum Gasteiger partial charge on any atom is -0.356 e. The van der Waals surface area contributed by atoms with E-state index >= 15 is 0 Å². The maximum absolute atomic E-state index is 13.8. The number of aromatic nitrogens is 1. The Kier molecular flexibility index (Phi) is 4.71. The zero-order chi connectivity index (χ0) is 13.8. The van der Waals surface area contributed by atoms with E-state index in [4.69, 9.17) is 4.52 Å². The fraction of sp³-hybridized carbons (Fsp3) is 0.357. The van der Waals surface area contributed by atoms with Gasteiger partial charge >= 0.3 is 0 Å². The van der Waals surface area contributed by atoms with E-state index in [9.17, 15) is 4.39 Å². The normalized spacial score (nSPS) is 11.2. The Morgan fingerprint density at radius 1 is 1.37 bits per heavy atom. The molecule has 3 nitrogen and oxygen atoms in total. The Balaban J connectivity index is 2.08. The summed E-state index contributed by atoms with van der Waals surface area (Å²) in [5, 5.41) is 7.20. The van der Waals surface area contributed by atoms with Crippen molar-refractivity contribution in [2.24, 2.45) is 5.92 Å². The van der Waals surface area contributed by atoms with Crippen molar-refractivity contribution >= 4 is 15.9 Å². The first-order valence-electron chi connectivity index (χ1n) is 6.18. The number of nitrogens with zero attached hydrogens (tertiary/aromatic N) is 1. The monoisotopic (exact) mass is 326 g/mol. The quantitative estimate of drug-likeness (QED) is 0.902. The first-order valence-corrected chi connectivity index (χ1v) is 6.97. The topological polar surface area (TPSA) is 38.1 Å². The van der Waals surface area contributed by atoms with Gasteiger partial charge in [0, 0.05) is 17.1 Å². The Morgan fingerprint density at radius 3 is 2.84 bits per heavy atom. The molecule has 1 aromatic carbocycles. The Morgan fingerprint density at radius 2 is 2.16 bits per heavy atom. The van der Waals surface area contributed by atoms with Gasteiger partial charge in [0.25, 0.3) is 0 Å². The minimum absolute atomic E-state index is 0.327. The molecule has 1 N–H and O–H groups in total. The first kappa shape index (κ1) is 14.2. The second-order valence-electron chi connectivity index (χ2n) is 4.83. The van der Waals surface area contributed by atoms with Crippen LogP contribution in [-0.2, 0) is 6.54 Å². The highest BCUT2D eigenvalue weighted by Crippen LogP contribution is 2.26. The molecule has 0 aliphatic rings. The highest BCUT2D eigenvalue weighted by Gasteiger charge is 2.11. The smallest absolute Gasteiger partial charge is 0.170 e. The lowest BCUT2D eigenvalue weighted by molar-refractivity contribution is 0.416. The lowest BCUT2D eigenvalue weighted by Gasteiger charge is -2.04. The van der Waals surface area contributed by atoms with Gasteiger partial charge in [0.2, 0.25) is 0 Å². The van der Waals surface area contributed by atoms with Crippen LogP contribution in [0, 0.1) is 11.7 Å². The van der Waals surface area contributed by atoms with Crippen molar-refractivity contribution in [2.45, 2.75) is 20.4 Å². The number of halogens is 2. The second-order valence-corrected chi connectivity index (χ2v) is 5.75. The van der Waals surface area contributed by atoms with Crippen LogP contribution in [0.4, 0.5) is 4.39 Å². The summed E-state index contributed by atoms with van der Waals surface area (Å²) in [7, 11) is 0. The predicted octanol–water partition coefficient (Wildman–Crippen LogP) is 3.99. The molecule has 19 heavy (non-hydrogen) atoms. The lowest BCUT2D eigenvalue weighted by atomic mass is 10.1. The molecular weight excluding hydrogens is 311 g/mol. The van der Waals surface area contributed by atoms with Crippen molar-refractivity contribution in [1.82, 2.24) is 10.5 Å². The maximum atomic E-state index is 13.8. The molecule has 0 aliphatic carbocycles. The molecule has 0 bridgehead atoms. The van der Waals surface area contributed by atoms with Gasteiger partial charge in [0.05, 0.1) is 11.3 Å². The van der Waals surface area contributed by atoms with Crippen LogP contribution in [0.25, 0.3) is 11.3 Å². The third-order valence-electron chi connectivity index (χ3n) is 2.61. The van der Waals surface area contributed by atoms with E-state index in [1.165, 1.54) is 6.07 Å². The average molecular weight is 327 g/mol. The molecule has 2 aromatic rings. The van der Waals surface area contributed by atoms with E-state index in [-0.39, 0.29) is 5.82 Å². The summed E-state index contributed by atoms with van der Waals surface area (Å²) in [6, 6.07) is 6.62. The van der Waals surface area contributed by atoms with Crippen LogP contribution in [-0.4, -0.2) is 11.7 Å². The summed E-state index contributed by atoms with van der Waals surface area (Å²) < 4.78 is 19.7. The Labute approximate surface area is 120 Å². The molecule has 2 rings (SSSR count). The molecule has 0 atom stereocenters. The highest BCUT2D eigenvalue weighted by atomic mass is 79.9. The molecule has 0 radical (unpaired) electrons. The SMILES string of the molecule is CC(C)CNCc1cc(-c2ccc(Br)cc2F)on1. The Hall–Kier alpha value is -1.20. The van der Waals surface area contributed by atoms with Crippen LogP contribution in [0.2, 0.25) is 0 Å². The summed E-state index contributed by atoms with van der Waals surface area (Å²) >= 11 is 3.23. The van der Waals surface area contributed by atoms with E-state index in [1.807, 2.05) is 0 Å². The van der Waals surface area contributed by atoms with Crippen molar-refractivity contribution in [3.05, 3.63) is 40.2 Å². The Bertz CT molecular complexity index is 554. The predicted molar refractivity (Wildman–Crippen MR) is 76.1 cm³/mol. The average Bonchev–Trinajstić information content (AvgIpc) is 2.77. The van der Waals surface area contributed by atoms with Crippen molar-refractivity contribution in [3.63, 3.8) is 0 Å². The van der Waals surface area contributed by atoms with E-state index < -0.39 is 0 Å². The van der Waals surface area contributed by atoms with Crippen LogP contribution in [0.15, 0.2) is 33.3 Å². The summed E-state index contributed by atoms with van der Waals surface area (Å²) in [6.45, 7) is 5.81. The first-order chi connectivity index (χ1) is 9.06. The zero-order valence-corrected chi connectivity index (χ0v) is 12.5. The second kappa shape index (κ2) is 6.30. The van der Waals surface area contributed by atoms with Gasteiger partial charge in [-0.25, -0.2) is 4.39 Å². The maximum Gasteiger partial charge on any atom is 0.170 e. The summed E-state index contributed by atoms with van der Waals surface area (Å²) in [4.78, 5) is 0. The molecule has 0 spiro atoms. The van der Waals surface area contributed by atoms with Gasteiger partial charge in [0.15, 0.2) is 5.76 Å². The van der Waals surface area contributed by atoms with Crippen molar-refractivity contribution in [2.75, 3.05) is 6.54 Å². The van der Waals surface area contributed by atoms with Crippen LogP contribution >= 0.6 is 15.9 Å². The third-order valence-corrected chi connectivity index (χ3v) is 3.11. The lowest BCUT2D eigenvalue weighted by Crippen LogP contribution is -2.18. The number of nitrogens with one attached hydrogen (secondary N) is 1. The van der Waals surface area contributed by atoms with Gasteiger partial charge in [-0.05, 0) is 30.7 Å². The van der Waals surface area contributed by atoms with Crippen molar-refractivity contribution < 1.29 is 8.91 Å². The molecule has 0 fully saturated rings. The van der Waals surface area contributed by atoms with Crippen molar-refractivity contribution in [3.8, 4) is 11.3 Å². The number of rotatable bonds is 5. The van der Waals surface area contributed by atoms with Gasteiger partial charge < -0.3 is 9.84 Å². The molecule has 1 heterocycles. The summed E-state index contributed by atoms with van der Waals surface area (Å²) in [5.74, 6) is 0.703. The van der Waals surface area contributed by atoms with Crippen molar-refractivity contribution in [1.29, 1.82) is 0 Å². The highest BCUT2D eigenvalue weighted by molar-refractivity contribution is 9.10. The third kappa shape index (κ3) is 3.88. The van der Waals surface area contributed by atoms with Crippen LogP contribution in [0.5, 0.6) is 0 Å². The van der Waals surface area contributed by atoms with E-state index in [1.54, 1.807) is 18.2 Å². The molecule has 5 heteroatoms. The molecule has 0 unspecified atom stereocenters. The van der Waals surface area contributed by atoms with Crippen LogP contribution in [0.1, 0.15) is 19.5 Å². The number of hydrogen-bond donors (Lipinski definition) is 1. The molecule has 102 valence electrons. The minimum atomic E-state index is -0.327. The van der Waals surface area contributed by atoms with Gasteiger partial charge in [-0.1, -0.05) is 34.9 Å². The van der Waals surface area contributed by atoms with Gasteiger partial charge in [-0.3, -0.25) is 0 Å². The van der Waals surface area contributed by atoms with Gasteiger partial charge in [-0.15, -0.1) is 0 Å². The fourth-order valence-corrected chi connectivity index (χ4v) is 2.03. The van der Waals surface area contributed by atoms with E-state index in [0.29, 0.717) is 28.3 Å². The van der Waals surface area contributed by atoms with Crippen LogP contribution < -0.4 is 5.32 Å². The molecule has 0 saturated carbocycles. The number of hydrogen-bond acceptors (Lipinski definition) is 3. The molecular formula is C14H16BrFN2O. The zero-order valence-electron chi connectivity index (χ0n) is 10.9. The van der Waals surface area contributed by atoms with Gasteiger partial charge in [0.1, 0.15) is 5.82 Å². The molecule has 0 aliphatic heterocycles. The fourth-order valence-electron chi connectivity index (χ4n) is 1.70. The standard InChI is InChI=1S/C14H16BrFN2O/c1-9(2)7-17-8-11-6-14(19-18-11)12-4-3-10(15)5-13(12)16/h3-6,9,17H,7-8H2,1-2H3. The summed E-state index contributed by atoms with van der Waals surface area (Å²) in [5.41, 5.74) is 1.20. The molecule has 1 aromatic heterocycles.